The maximum Gasteiger partial charge on any atom is 0.404 e. The third-order valence-electron chi connectivity index (χ3n) is 6.38. The van der Waals surface area contributed by atoms with Gasteiger partial charge in [0.1, 0.15) is 0 Å². The van der Waals surface area contributed by atoms with Crippen LogP contribution in [0.5, 0.6) is 0 Å². The number of nitrogens with one attached hydrogen (secondary N) is 1. The Morgan fingerprint density at radius 2 is 1.79 bits per heavy atom. The highest BCUT2D eigenvalue weighted by Crippen LogP contribution is 2.46. The maximum atomic E-state index is 13.6. The van der Waals surface area contributed by atoms with Gasteiger partial charge < -0.3 is 20.4 Å². The molecule has 1 aromatic rings. The molecule has 3 rings (SSSR count). The molecule has 1 aromatic carbocycles. The van der Waals surface area contributed by atoms with Crippen LogP contribution in [0.25, 0.3) is 0 Å². The molecular weight excluding hydrogens is 380 g/mol. The molecule has 6 nitrogen and oxygen atoms in total. The summed E-state index contributed by atoms with van der Waals surface area (Å²) in [5, 5.41) is 23.0. The first-order chi connectivity index (χ1) is 13.2. The van der Waals surface area contributed by atoms with Gasteiger partial charge in [-0.05, 0) is 37.0 Å². The number of aliphatic hydroxyl groups excluding tert-OH is 1. The van der Waals surface area contributed by atoms with Gasteiger partial charge in [0.15, 0.2) is 0 Å². The number of amides is 2. The van der Waals surface area contributed by atoms with Crippen molar-refractivity contribution in [2.75, 3.05) is 6.54 Å². The molecule has 3 N–H and O–H groups in total. The molecule has 1 heterocycles. The average molecular weight is 409 g/mol. The lowest BCUT2D eigenvalue weighted by molar-refractivity contribution is -0.152. The number of hydrogen-bond acceptors (Lipinski definition) is 3. The van der Waals surface area contributed by atoms with E-state index in [1.54, 1.807) is 12.1 Å². The summed E-state index contributed by atoms with van der Waals surface area (Å²) in [6.45, 7) is 4.40. The molecule has 1 aliphatic heterocycles. The van der Waals surface area contributed by atoms with E-state index in [-0.39, 0.29) is 23.9 Å². The number of piperidine rings is 1. The van der Waals surface area contributed by atoms with E-state index in [1.807, 2.05) is 30.9 Å². The molecule has 1 saturated heterocycles. The Morgan fingerprint density at radius 3 is 2.43 bits per heavy atom. The van der Waals surface area contributed by atoms with Gasteiger partial charge >= 0.3 is 6.09 Å². The van der Waals surface area contributed by atoms with Gasteiger partial charge in [0.05, 0.1) is 18.1 Å². The van der Waals surface area contributed by atoms with Crippen LogP contribution in [0.3, 0.4) is 0 Å². The molecule has 0 radical (unpaired) electrons. The molecule has 1 unspecified atom stereocenters. The fourth-order valence-electron chi connectivity index (χ4n) is 4.81. The standard InChI is InChI=1S/C21H29ClN2O4/c1-21(2)17(25)11-12-24(18(21)13-7-9-14(22)10-8-13)19(26)15-5-3-4-6-16(15)23-20(27)28/h7-10,15-18,23,25H,3-6,11-12H2,1-2H3,(H,27,28)/t15-,16+,17-,18?/m0/s1. The van der Waals surface area contributed by atoms with Crippen LogP contribution in [0.4, 0.5) is 4.79 Å². The van der Waals surface area contributed by atoms with E-state index >= 15 is 0 Å². The van der Waals surface area contributed by atoms with Crippen LogP contribution in [-0.4, -0.2) is 45.8 Å². The topological polar surface area (TPSA) is 89.9 Å². The number of benzene rings is 1. The molecule has 154 valence electrons. The zero-order valence-corrected chi connectivity index (χ0v) is 17.2. The Balaban J connectivity index is 1.93. The molecule has 0 spiro atoms. The van der Waals surface area contributed by atoms with Crippen molar-refractivity contribution >= 4 is 23.6 Å². The number of hydrogen-bond donors (Lipinski definition) is 3. The van der Waals surface area contributed by atoms with Crippen molar-refractivity contribution in [1.82, 2.24) is 10.2 Å². The van der Waals surface area contributed by atoms with Crippen LogP contribution in [0.15, 0.2) is 24.3 Å². The Labute approximate surface area is 170 Å². The van der Waals surface area contributed by atoms with Gasteiger partial charge in [-0.1, -0.05) is 50.4 Å². The lowest BCUT2D eigenvalue weighted by Gasteiger charge is -2.51. The smallest absolute Gasteiger partial charge is 0.404 e. The van der Waals surface area contributed by atoms with E-state index in [1.165, 1.54) is 0 Å². The summed E-state index contributed by atoms with van der Waals surface area (Å²) in [6.07, 6.45) is 2.07. The van der Waals surface area contributed by atoms with Gasteiger partial charge in [0.2, 0.25) is 5.91 Å². The van der Waals surface area contributed by atoms with Crippen molar-refractivity contribution in [2.24, 2.45) is 11.3 Å². The number of halogens is 1. The number of aliphatic hydroxyl groups is 1. The number of carbonyl (C=O) groups is 2. The molecule has 28 heavy (non-hydrogen) atoms. The van der Waals surface area contributed by atoms with Crippen LogP contribution in [0, 0.1) is 11.3 Å². The molecule has 0 aromatic heterocycles. The van der Waals surface area contributed by atoms with Crippen LogP contribution >= 0.6 is 11.6 Å². The van der Waals surface area contributed by atoms with Gasteiger partial charge in [0, 0.05) is 23.0 Å². The summed E-state index contributed by atoms with van der Waals surface area (Å²) in [4.78, 5) is 26.6. The zero-order chi connectivity index (χ0) is 20.5. The lowest BCUT2D eigenvalue weighted by atomic mass is 9.70. The molecule has 1 saturated carbocycles. The fourth-order valence-corrected chi connectivity index (χ4v) is 4.94. The van der Waals surface area contributed by atoms with Crippen LogP contribution in [-0.2, 0) is 4.79 Å². The molecule has 2 fully saturated rings. The van der Waals surface area contributed by atoms with Crippen LogP contribution < -0.4 is 5.32 Å². The molecular formula is C21H29ClN2O4. The van der Waals surface area contributed by atoms with Crippen molar-refractivity contribution in [3.63, 3.8) is 0 Å². The second-order valence-corrected chi connectivity index (χ2v) is 8.99. The third kappa shape index (κ3) is 4.13. The maximum absolute atomic E-state index is 13.6. The molecule has 2 amide bonds. The molecule has 7 heteroatoms. The Bertz CT molecular complexity index is 722. The Hall–Kier alpha value is -1.79. The second-order valence-electron chi connectivity index (χ2n) is 8.56. The van der Waals surface area contributed by atoms with Crippen molar-refractivity contribution in [3.8, 4) is 0 Å². The fraction of sp³-hybridized carbons (Fsp3) is 0.619. The summed E-state index contributed by atoms with van der Waals surface area (Å²) < 4.78 is 0. The van der Waals surface area contributed by atoms with E-state index < -0.39 is 17.6 Å². The van der Waals surface area contributed by atoms with Crippen molar-refractivity contribution < 1.29 is 19.8 Å². The normalized spacial score (nSPS) is 29.9. The van der Waals surface area contributed by atoms with Gasteiger partial charge in [-0.3, -0.25) is 4.79 Å². The van der Waals surface area contributed by atoms with Gasteiger partial charge in [0.25, 0.3) is 0 Å². The minimum Gasteiger partial charge on any atom is -0.465 e. The summed E-state index contributed by atoms with van der Waals surface area (Å²) in [7, 11) is 0. The van der Waals surface area contributed by atoms with Gasteiger partial charge in [-0.2, -0.15) is 0 Å². The van der Waals surface area contributed by atoms with E-state index in [0.717, 1.165) is 18.4 Å². The van der Waals surface area contributed by atoms with E-state index in [9.17, 15) is 14.7 Å². The highest BCUT2D eigenvalue weighted by molar-refractivity contribution is 6.30. The number of rotatable bonds is 3. The van der Waals surface area contributed by atoms with Crippen LogP contribution in [0.2, 0.25) is 5.02 Å². The molecule has 0 bridgehead atoms. The van der Waals surface area contributed by atoms with E-state index in [4.69, 9.17) is 16.7 Å². The number of likely N-dealkylation sites (tertiary alicyclic amines) is 1. The van der Waals surface area contributed by atoms with Crippen molar-refractivity contribution in [3.05, 3.63) is 34.9 Å². The number of carbonyl (C=O) groups excluding carboxylic acids is 1. The van der Waals surface area contributed by atoms with Gasteiger partial charge in [-0.15, -0.1) is 0 Å². The first-order valence-electron chi connectivity index (χ1n) is 9.95. The summed E-state index contributed by atoms with van der Waals surface area (Å²) in [5.74, 6) is -0.399. The van der Waals surface area contributed by atoms with Gasteiger partial charge in [-0.25, -0.2) is 4.79 Å². The third-order valence-corrected chi connectivity index (χ3v) is 6.63. The SMILES string of the molecule is CC1(C)C(c2ccc(Cl)cc2)N(C(=O)[C@H]2CCCC[C@H]2NC(=O)O)CC[C@@H]1O. The van der Waals surface area contributed by atoms with Crippen LogP contribution in [0.1, 0.15) is 57.6 Å². The first-order valence-corrected chi connectivity index (χ1v) is 10.3. The Morgan fingerprint density at radius 1 is 1.14 bits per heavy atom. The number of nitrogens with zero attached hydrogens (tertiary/aromatic N) is 1. The van der Waals surface area contributed by atoms with Crippen molar-refractivity contribution in [2.45, 2.75) is 64.1 Å². The second kappa shape index (κ2) is 8.29. The minimum absolute atomic E-state index is 0.0293. The van der Waals surface area contributed by atoms with E-state index in [0.29, 0.717) is 30.8 Å². The number of carboxylic acid groups (broad SMARTS) is 1. The highest BCUT2D eigenvalue weighted by atomic mass is 35.5. The molecule has 2 aliphatic rings. The Kier molecular flexibility index (Phi) is 6.20. The predicted molar refractivity (Wildman–Crippen MR) is 107 cm³/mol. The summed E-state index contributed by atoms with van der Waals surface area (Å²) in [5.41, 5.74) is 0.395. The predicted octanol–water partition coefficient (Wildman–Crippen LogP) is 3.83. The quantitative estimate of drug-likeness (QED) is 0.709. The first kappa shape index (κ1) is 20.9. The average Bonchev–Trinajstić information content (AvgIpc) is 2.64. The zero-order valence-electron chi connectivity index (χ0n) is 16.4. The largest absolute Gasteiger partial charge is 0.465 e. The molecule has 4 atom stereocenters. The lowest BCUT2D eigenvalue weighted by Crippen LogP contribution is -2.57. The highest BCUT2D eigenvalue weighted by Gasteiger charge is 2.48. The monoisotopic (exact) mass is 408 g/mol. The molecule has 1 aliphatic carbocycles. The van der Waals surface area contributed by atoms with Crippen molar-refractivity contribution in [1.29, 1.82) is 0 Å². The van der Waals surface area contributed by atoms with E-state index in [2.05, 4.69) is 5.32 Å². The summed E-state index contributed by atoms with van der Waals surface area (Å²) in [6, 6.07) is 6.74. The minimum atomic E-state index is -1.09. The summed E-state index contributed by atoms with van der Waals surface area (Å²) >= 11 is 6.04.